The van der Waals surface area contributed by atoms with Crippen LogP contribution in [0.1, 0.15) is 23.0 Å². The molecule has 0 radical (unpaired) electrons. The molecular weight excluding hydrogens is 362 g/mol. The number of benzene rings is 2. The van der Waals surface area contributed by atoms with Crippen molar-refractivity contribution in [2.45, 2.75) is 12.6 Å². The zero-order valence-corrected chi connectivity index (χ0v) is 15.0. The first kappa shape index (κ1) is 18.3. The molecule has 1 fully saturated rings. The third-order valence-electron chi connectivity index (χ3n) is 4.81. The standard InChI is InChI=1S/C21H18F2N4O/c22-16-4-5-17(18(23)9-16)19-11-25-21(26-19)20-13-28-7-6-27(20)12-15-3-1-2-14(8-15)10-24/h1-5,8-9,11,20H,6-7,12-13H2,(H,25,26). The lowest BCUT2D eigenvalue weighted by Crippen LogP contribution is -2.39. The van der Waals surface area contributed by atoms with Gasteiger partial charge in [-0.25, -0.2) is 13.8 Å². The lowest BCUT2D eigenvalue weighted by atomic mass is 10.1. The summed E-state index contributed by atoms with van der Waals surface area (Å²) in [5.41, 5.74) is 2.41. The number of rotatable bonds is 4. The maximum absolute atomic E-state index is 14.1. The quantitative estimate of drug-likeness (QED) is 0.748. The van der Waals surface area contributed by atoms with Crippen LogP contribution in [0.2, 0.25) is 0 Å². The molecule has 0 amide bonds. The molecule has 7 heteroatoms. The van der Waals surface area contributed by atoms with E-state index >= 15 is 0 Å². The van der Waals surface area contributed by atoms with E-state index in [1.54, 1.807) is 12.3 Å². The van der Waals surface area contributed by atoms with Crippen LogP contribution < -0.4 is 0 Å². The van der Waals surface area contributed by atoms with Gasteiger partial charge in [0.05, 0.1) is 42.8 Å². The van der Waals surface area contributed by atoms with Crippen LogP contribution in [0.15, 0.2) is 48.7 Å². The molecule has 5 nitrogen and oxygen atoms in total. The Kier molecular flexibility index (Phi) is 5.15. The number of imidazole rings is 1. The highest BCUT2D eigenvalue weighted by Crippen LogP contribution is 2.28. The summed E-state index contributed by atoms with van der Waals surface area (Å²) in [7, 11) is 0. The van der Waals surface area contributed by atoms with Crippen molar-refractivity contribution < 1.29 is 13.5 Å². The molecule has 0 aliphatic carbocycles. The van der Waals surface area contributed by atoms with Gasteiger partial charge in [-0.05, 0) is 29.8 Å². The molecule has 1 aromatic heterocycles. The van der Waals surface area contributed by atoms with Crippen LogP contribution in [0, 0.1) is 23.0 Å². The Morgan fingerprint density at radius 3 is 2.96 bits per heavy atom. The van der Waals surface area contributed by atoms with Gasteiger partial charge in [0.15, 0.2) is 0 Å². The lowest BCUT2D eigenvalue weighted by Gasteiger charge is -2.34. The number of halogens is 2. The number of hydrogen-bond donors (Lipinski definition) is 1. The number of aromatic amines is 1. The molecule has 0 saturated carbocycles. The van der Waals surface area contributed by atoms with E-state index in [2.05, 4.69) is 20.9 Å². The molecule has 1 unspecified atom stereocenters. The summed E-state index contributed by atoms with van der Waals surface area (Å²) in [6, 6.07) is 13.0. The fraction of sp³-hybridized carbons (Fsp3) is 0.238. The first-order chi connectivity index (χ1) is 13.6. The van der Waals surface area contributed by atoms with E-state index in [4.69, 9.17) is 10.00 Å². The molecule has 0 spiro atoms. The Balaban J connectivity index is 1.58. The Hall–Kier alpha value is -3.08. The topological polar surface area (TPSA) is 64.9 Å². The fourth-order valence-corrected chi connectivity index (χ4v) is 3.40. The molecular formula is C21H18F2N4O. The Morgan fingerprint density at radius 2 is 2.14 bits per heavy atom. The number of nitrogens with zero attached hydrogens (tertiary/aromatic N) is 3. The first-order valence-corrected chi connectivity index (χ1v) is 8.95. The van der Waals surface area contributed by atoms with Gasteiger partial charge < -0.3 is 9.72 Å². The summed E-state index contributed by atoms with van der Waals surface area (Å²) in [5, 5.41) is 9.10. The number of aromatic nitrogens is 2. The van der Waals surface area contributed by atoms with Crippen LogP contribution in [0.25, 0.3) is 11.3 Å². The Morgan fingerprint density at radius 1 is 1.25 bits per heavy atom. The average Bonchev–Trinajstić information content (AvgIpc) is 3.18. The second-order valence-corrected chi connectivity index (χ2v) is 6.68. The number of hydrogen-bond acceptors (Lipinski definition) is 4. The minimum absolute atomic E-state index is 0.128. The van der Waals surface area contributed by atoms with E-state index in [1.807, 2.05) is 18.2 Å². The fourth-order valence-electron chi connectivity index (χ4n) is 3.40. The van der Waals surface area contributed by atoms with E-state index in [0.717, 1.165) is 11.6 Å². The largest absolute Gasteiger partial charge is 0.378 e. The number of H-pyrrole nitrogens is 1. The van der Waals surface area contributed by atoms with Crippen molar-refractivity contribution in [3.63, 3.8) is 0 Å². The molecule has 1 atom stereocenters. The van der Waals surface area contributed by atoms with Crippen LogP contribution in [-0.2, 0) is 11.3 Å². The van der Waals surface area contributed by atoms with Crippen LogP contribution >= 0.6 is 0 Å². The Bertz CT molecular complexity index is 1030. The van der Waals surface area contributed by atoms with Gasteiger partial charge in [0.25, 0.3) is 0 Å². The maximum Gasteiger partial charge on any atom is 0.135 e. The summed E-state index contributed by atoms with van der Waals surface area (Å²) >= 11 is 0. The molecule has 2 aromatic carbocycles. The van der Waals surface area contributed by atoms with E-state index in [1.165, 1.54) is 12.1 Å². The number of ether oxygens (including phenoxy) is 1. The molecule has 1 N–H and O–H groups in total. The van der Waals surface area contributed by atoms with Crippen LogP contribution in [0.4, 0.5) is 8.78 Å². The highest BCUT2D eigenvalue weighted by atomic mass is 19.1. The third-order valence-corrected chi connectivity index (χ3v) is 4.81. The van der Waals surface area contributed by atoms with E-state index in [0.29, 0.717) is 43.4 Å². The van der Waals surface area contributed by atoms with Gasteiger partial charge >= 0.3 is 0 Å². The Labute approximate surface area is 161 Å². The third kappa shape index (κ3) is 3.79. The molecule has 1 aliphatic heterocycles. The smallest absolute Gasteiger partial charge is 0.135 e. The van der Waals surface area contributed by atoms with E-state index in [-0.39, 0.29) is 11.6 Å². The summed E-state index contributed by atoms with van der Waals surface area (Å²) in [5.74, 6) is -0.595. The monoisotopic (exact) mass is 380 g/mol. The molecule has 28 heavy (non-hydrogen) atoms. The maximum atomic E-state index is 14.1. The van der Waals surface area contributed by atoms with Crippen molar-refractivity contribution >= 4 is 0 Å². The van der Waals surface area contributed by atoms with Gasteiger partial charge in [0.2, 0.25) is 0 Å². The molecule has 0 bridgehead atoms. The van der Waals surface area contributed by atoms with Gasteiger partial charge in [-0.1, -0.05) is 12.1 Å². The summed E-state index contributed by atoms with van der Waals surface area (Å²) in [6.45, 7) is 2.41. The number of nitriles is 1. The van der Waals surface area contributed by atoms with Gasteiger partial charge in [0, 0.05) is 24.7 Å². The van der Waals surface area contributed by atoms with E-state index < -0.39 is 11.6 Å². The van der Waals surface area contributed by atoms with E-state index in [9.17, 15) is 8.78 Å². The van der Waals surface area contributed by atoms with Gasteiger partial charge in [0.1, 0.15) is 17.5 Å². The van der Waals surface area contributed by atoms with Crippen LogP contribution in [-0.4, -0.2) is 34.6 Å². The number of morpholine rings is 1. The molecule has 2 heterocycles. The van der Waals surface area contributed by atoms with Gasteiger partial charge in [-0.3, -0.25) is 4.90 Å². The first-order valence-electron chi connectivity index (χ1n) is 8.95. The second kappa shape index (κ2) is 7.89. The molecule has 1 saturated heterocycles. The normalized spacial score (nSPS) is 17.4. The van der Waals surface area contributed by atoms with Crippen molar-refractivity contribution in [2.75, 3.05) is 19.8 Å². The summed E-state index contributed by atoms with van der Waals surface area (Å²) < 4.78 is 32.9. The number of nitrogens with one attached hydrogen (secondary N) is 1. The van der Waals surface area contributed by atoms with Crippen molar-refractivity contribution in [3.05, 3.63) is 77.2 Å². The molecule has 4 rings (SSSR count). The zero-order chi connectivity index (χ0) is 19.5. The molecule has 3 aromatic rings. The van der Waals surface area contributed by atoms with Crippen molar-refractivity contribution in [1.29, 1.82) is 5.26 Å². The highest BCUT2D eigenvalue weighted by Gasteiger charge is 2.27. The molecule has 142 valence electrons. The highest BCUT2D eigenvalue weighted by molar-refractivity contribution is 5.59. The summed E-state index contributed by atoms with van der Waals surface area (Å²) in [4.78, 5) is 9.78. The second-order valence-electron chi connectivity index (χ2n) is 6.68. The van der Waals surface area contributed by atoms with Crippen molar-refractivity contribution in [2.24, 2.45) is 0 Å². The zero-order valence-electron chi connectivity index (χ0n) is 15.0. The minimum Gasteiger partial charge on any atom is -0.378 e. The predicted molar refractivity (Wildman–Crippen MR) is 99.1 cm³/mol. The van der Waals surface area contributed by atoms with Gasteiger partial charge in [-0.2, -0.15) is 5.26 Å². The van der Waals surface area contributed by atoms with Crippen LogP contribution in [0.5, 0.6) is 0 Å². The van der Waals surface area contributed by atoms with Crippen molar-refractivity contribution in [3.8, 4) is 17.3 Å². The SMILES string of the molecule is N#Cc1cccc(CN2CCOCC2c2ncc(-c3ccc(F)cc3F)[nH]2)c1. The van der Waals surface area contributed by atoms with Crippen LogP contribution in [0.3, 0.4) is 0 Å². The van der Waals surface area contributed by atoms with Gasteiger partial charge in [-0.15, -0.1) is 0 Å². The minimum atomic E-state index is -0.639. The predicted octanol–water partition coefficient (Wildman–Crippen LogP) is 3.80. The summed E-state index contributed by atoms with van der Waals surface area (Å²) in [6.07, 6.45) is 1.55. The average molecular weight is 380 g/mol. The van der Waals surface area contributed by atoms with Crippen molar-refractivity contribution in [1.82, 2.24) is 14.9 Å². The molecule has 1 aliphatic rings. The lowest BCUT2D eigenvalue weighted by molar-refractivity contribution is -0.0156.